The lowest BCUT2D eigenvalue weighted by Gasteiger charge is -2.33. The van der Waals surface area contributed by atoms with Crippen molar-refractivity contribution >= 4 is 119 Å². The molecule has 13 heterocycles. The zero-order valence-corrected chi connectivity index (χ0v) is 70.6. The van der Waals surface area contributed by atoms with Crippen molar-refractivity contribution in [3.63, 3.8) is 0 Å². The minimum Gasteiger partial charge on any atom is -0.436 e. The number of para-hydroxylation sites is 1. The number of aromatic nitrogens is 16. The Morgan fingerprint density at radius 1 is 0.383 bits per heavy atom. The van der Waals surface area contributed by atoms with Gasteiger partial charge in [0, 0.05) is 184 Å². The molecule has 642 valence electrons. The standard InChI is InChI=1S/C27H23FN6O2.C26H29N9O2.C21H19N7O2.C19H15N5O/c1-34(2)16-17-11-19(14-29-13-17)18-7-9-23-21(12-18)26(33-32-23)27(35)31-20-8-10-25(30-15-20)36-24-6-4-3-5-22(24)28;1-33(2)26(37)30-20-12-18(14-27-15-20)17-4-6-22-21(13-17)24(32-31-22)25(36)29-19-5-7-23(28-16-19)35-10-8-34(3)9-11-35;1-28(2)21(30)25-16-9-14(11-23-12-16)13-3-4-18-17(10-13)19(27-26-18)20(29)24-15-5-7-22-8-6-15;1-12-9-15(6-8-21-12)22-19(25)18-16-10-13(4-5-17(16)23-24-18)14-3-2-7-20-11-14/h3-15H,16H2,1-2H3,(H,31,35)(H,32,33);4-7,12-16H,8-11H2,1-3H3,(H,29,36)(H,30,37)(H,31,32);3-12H,1-2H3,(H,25,30)(H,26,27)(H,22,24,29);2-11H,1H3,(H,23,24)(H,21,22,25). The van der Waals surface area contributed by atoms with Crippen molar-refractivity contribution in [2.45, 2.75) is 13.5 Å². The molecule has 5 aromatic carbocycles. The normalized spacial score (nSPS) is 11.8. The van der Waals surface area contributed by atoms with Crippen LogP contribution in [0.5, 0.6) is 11.6 Å². The number of urea groups is 2. The summed E-state index contributed by atoms with van der Waals surface area (Å²) in [5.41, 5.74) is 16.8. The Kier molecular flexibility index (Phi) is 26.5. The second kappa shape index (κ2) is 39.5. The molecule has 0 aliphatic carbocycles. The van der Waals surface area contributed by atoms with Crippen LogP contribution in [-0.4, -0.2) is 211 Å². The molecule has 0 spiro atoms. The van der Waals surface area contributed by atoms with Crippen molar-refractivity contribution in [3.8, 4) is 56.1 Å². The van der Waals surface area contributed by atoms with Crippen molar-refractivity contribution in [1.82, 2.24) is 100 Å². The Bertz CT molecular complexity index is 6860. The van der Waals surface area contributed by atoms with Gasteiger partial charge in [-0.3, -0.25) is 69.5 Å². The summed E-state index contributed by atoms with van der Waals surface area (Å²) < 4.78 is 19.3. The Balaban J connectivity index is 0.000000133. The maximum Gasteiger partial charge on any atom is 0.321 e. The minimum absolute atomic E-state index is 0.0723. The molecule has 1 aliphatic heterocycles. The second-order valence-corrected chi connectivity index (χ2v) is 30.3. The van der Waals surface area contributed by atoms with Crippen LogP contribution in [0.15, 0.2) is 256 Å². The van der Waals surface area contributed by atoms with E-state index >= 15 is 0 Å². The monoisotopic (exact) mass is 1710 g/mol. The van der Waals surface area contributed by atoms with Gasteiger partial charge >= 0.3 is 12.1 Å². The summed E-state index contributed by atoms with van der Waals surface area (Å²) in [4.78, 5) is 119. The van der Waals surface area contributed by atoms with E-state index in [9.17, 15) is 33.2 Å². The fourth-order valence-corrected chi connectivity index (χ4v) is 13.6. The average molecular weight is 1710 g/mol. The van der Waals surface area contributed by atoms with E-state index in [1.165, 1.54) is 28.1 Å². The van der Waals surface area contributed by atoms with E-state index < -0.39 is 5.82 Å². The number of aryl methyl sites for hydroxylation is 1. The number of nitrogens with zero attached hydrogens (tertiary/aromatic N) is 17. The maximum atomic E-state index is 13.8. The molecular weight excluding hydrogens is 1630 g/mol. The Morgan fingerprint density at radius 2 is 0.836 bits per heavy atom. The Labute approximate surface area is 731 Å². The largest absolute Gasteiger partial charge is 0.436 e. The number of likely N-dealkylation sites (N-methyl/N-ethyl adjacent to an activating group) is 1. The minimum atomic E-state index is -0.485. The van der Waals surface area contributed by atoms with Gasteiger partial charge in [-0.15, -0.1) is 0 Å². The first-order valence-corrected chi connectivity index (χ1v) is 40.2. The lowest BCUT2D eigenvalue weighted by atomic mass is 10.0. The summed E-state index contributed by atoms with van der Waals surface area (Å²) in [7, 11) is 12.8. The summed E-state index contributed by atoms with van der Waals surface area (Å²) in [5, 5.41) is 48.2. The third-order valence-electron chi connectivity index (χ3n) is 20.2. The fraction of sp³-hybridized carbons (Fsp3) is 0.140. The number of halogens is 1. The van der Waals surface area contributed by atoms with Crippen LogP contribution < -0.4 is 41.5 Å². The van der Waals surface area contributed by atoms with Gasteiger partial charge in [-0.2, -0.15) is 20.4 Å². The molecule has 8 amide bonds. The second-order valence-electron chi connectivity index (χ2n) is 30.3. The highest BCUT2D eigenvalue weighted by atomic mass is 19.1. The summed E-state index contributed by atoms with van der Waals surface area (Å²) in [6.07, 6.45) is 21.7. The molecule has 1 aliphatic rings. The van der Waals surface area contributed by atoms with Gasteiger partial charge in [-0.25, -0.2) is 23.9 Å². The number of hydrogen-bond acceptors (Lipinski definition) is 22. The highest BCUT2D eigenvalue weighted by Gasteiger charge is 2.23. The van der Waals surface area contributed by atoms with E-state index in [-0.39, 0.29) is 64.4 Å². The lowest BCUT2D eigenvalue weighted by molar-refractivity contribution is 0.101. The number of piperazine rings is 1. The summed E-state index contributed by atoms with van der Waals surface area (Å²) in [5.74, 6) is -0.610. The van der Waals surface area contributed by atoms with E-state index in [0.717, 1.165) is 122 Å². The highest BCUT2D eigenvalue weighted by Crippen LogP contribution is 2.33. The summed E-state index contributed by atoms with van der Waals surface area (Å²) >= 11 is 0. The van der Waals surface area contributed by atoms with E-state index in [1.807, 2.05) is 142 Å². The number of fused-ring (bicyclic) bond motifs is 4. The van der Waals surface area contributed by atoms with Crippen molar-refractivity contribution < 1.29 is 37.9 Å². The number of carbonyl (C=O) groups is 6. The quantitative estimate of drug-likeness (QED) is 0.0359. The number of amides is 8. The number of nitrogens with one attached hydrogen (secondary N) is 10. The molecule has 0 saturated carbocycles. The molecule has 0 radical (unpaired) electrons. The average Bonchev–Trinajstić information content (AvgIpc) is 1.61. The van der Waals surface area contributed by atoms with Crippen LogP contribution >= 0.6 is 0 Å². The van der Waals surface area contributed by atoms with Crippen LogP contribution in [-0.2, 0) is 6.54 Å². The number of aromatic amines is 4. The van der Waals surface area contributed by atoms with Crippen molar-refractivity contribution in [3.05, 3.63) is 296 Å². The first kappa shape index (κ1) is 86.0. The van der Waals surface area contributed by atoms with Crippen LogP contribution in [0, 0.1) is 12.7 Å². The molecule has 1 saturated heterocycles. The Hall–Kier alpha value is -17.0. The summed E-state index contributed by atoms with van der Waals surface area (Å²) in [6.45, 7) is 6.51. The number of ether oxygens (including phenoxy) is 1. The number of rotatable bonds is 19. The van der Waals surface area contributed by atoms with Gasteiger partial charge in [0.2, 0.25) is 5.88 Å². The molecule has 17 aromatic rings. The molecule has 34 nitrogen and oxygen atoms in total. The zero-order chi connectivity index (χ0) is 89.3. The van der Waals surface area contributed by atoms with E-state index in [0.29, 0.717) is 56.0 Å². The van der Waals surface area contributed by atoms with Crippen molar-refractivity contribution in [2.24, 2.45) is 0 Å². The molecule has 1 fully saturated rings. The van der Waals surface area contributed by atoms with Crippen molar-refractivity contribution in [2.75, 3.05) is 112 Å². The summed E-state index contributed by atoms with van der Waals surface area (Å²) in [6, 6.07) is 52.1. The SMILES string of the molecule is CN(C)C(=O)Nc1cncc(-c2ccc3[nH]nc(C(=O)Nc4ccncc4)c3c2)c1.CN(C)Cc1cncc(-c2ccc3[nH]nc(C(=O)Nc4ccc(Oc5ccccc5F)nc4)c3c2)c1.CN1CCN(c2ccc(NC(=O)c3n[nH]c4ccc(-c5cncc(NC(=O)N(C)C)c5)cc34)cn2)CC1.Cc1cc(NC(=O)c2n[nH]c3ccc(-c4cccnc4)cc23)ccn1. The molecule has 10 N–H and O–H groups in total. The zero-order valence-electron chi connectivity index (χ0n) is 70.6. The first-order chi connectivity index (χ1) is 62.0. The van der Waals surface area contributed by atoms with Gasteiger partial charge in [0.15, 0.2) is 34.3 Å². The van der Waals surface area contributed by atoms with Gasteiger partial charge in [0.1, 0.15) is 5.82 Å². The Morgan fingerprint density at radius 3 is 1.29 bits per heavy atom. The third-order valence-corrected chi connectivity index (χ3v) is 20.2. The maximum absolute atomic E-state index is 13.8. The van der Waals surface area contributed by atoms with Crippen LogP contribution in [0.25, 0.3) is 88.1 Å². The molecule has 0 atom stereocenters. The van der Waals surface area contributed by atoms with Crippen LogP contribution in [0.1, 0.15) is 53.2 Å². The first-order valence-electron chi connectivity index (χ1n) is 40.2. The number of anilines is 7. The van der Waals surface area contributed by atoms with Crippen LogP contribution in [0.4, 0.5) is 53.9 Å². The predicted molar refractivity (Wildman–Crippen MR) is 490 cm³/mol. The van der Waals surface area contributed by atoms with E-state index in [2.05, 4.69) is 140 Å². The molecule has 18 rings (SSSR count). The third kappa shape index (κ3) is 21.4. The molecule has 128 heavy (non-hydrogen) atoms. The van der Waals surface area contributed by atoms with E-state index in [1.54, 1.807) is 139 Å². The smallest absolute Gasteiger partial charge is 0.321 e. The number of carbonyl (C=O) groups excluding carboxylic acids is 6. The van der Waals surface area contributed by atoms with Crippen molar-refractivity contribution in [1.29, 1.82) is 0 Å². The fourth-order valence-electron chi connectivity index (χ4n) is 13.6. The number of benzene rings is 5. The van der Waals surface area contributed by atoms with Gasteiger partial charge in [-0.1, -0.05) is 42.5 Å². The van der Waals surface area contributed by atoms with Gasteiger partial charge in [-0.05, 0) is 183 Å². The van der Waals surface area contributed by atoms with Gasteiger partial charge < -0.3 is 61.1 Å². The topological polar surface area (TPSA) is 418 Å². The van der Waals surface area contributed by atoms with E-state index in [4.69, 9.17) is 4.74 Å². The predicted octanol–water partition coefficient (Wildman–Crippen LogP) is 15.3. The van der Waals surface area contributed by atoms with Gasteiger partial charge in [0.05, 0.1) is 69.6 Å². The highest BCUT2D eigenvalue weighted by molar-refractivity contribution is 6.15. The molecule has 0 unspecified atom stereocenters. The molecular formula is C93H86FN27O7. The molecule has 0 bridgehead atoms. The molecule has 35 heteroatoms. The van der Waals surface area contributed by atoms with Crippen LogP contribution in [0.3, 0.4) is 0 Å². The lowest BCUT2D eigenvalue weighted by Crippen LogP contribution is -2.44. The van der Waals surface area contributed by atoms with Gasteiger partial charge in [0.25, 0.3) is 23.6 Å². The molecule has 12 aromatic heterocycles. The van der Waals surface area contributed by atoms with Crippen LogP contribution in [0.2, 0.25) is 0 Å². The number of hydrogen-bond donors (Lipinski definition) is 10. The number of pyridine rings is 8. The number of H-pyrrole nitrogens is 4.